The van der Waals surface area contributed by atoms with Crippen LogP contribution >= 0.6 is 11.3 Å². The Balaban J connectivity index is 1.53. The molecule has 0 amide bonds. The van der Waals surface area contributed by atoms with Crippen LogP contribution in [0.2, 0.25) is 0 Å². The number of hydrogen-bond donors (Lipinski definition) is 1. The van der Waals surface area contributed by atoms with Crippen molar-refractivity contribution in [3.63, 3.8) is 0 Å². The van der Waals surface area contributed by atoms with Gasteiger partial charge in [0.1, 0.15) is 0 Å². The molecule has 3 nitrogen and oxygen atoms in total. The van der Waals surface area contributed by atoms with E-state index in [9.17, 15) is 0 Å². The highest BCUT2D eigenvalue weighted by Crippen LogP contribution is 2.63. The molecule has 120 valence electrons. The van der Waals surface area contributed by atoms with E-state index in [1.165, 1.54) is 18.6 Å². The maximum absolute atomic E-state index is 4.77. The largest absolute Gasteiger partial charge is 0.253 e. The van der Waals surface area contributed by atoms with Crippen LogP contribution < -0.4 is 5.43 Å². The zero-order chi connectivity index (χ0) is 16.1. The first-order valence-corrected chi connectivity index (χ1v) is 9.23. The number of hydrazone groups is 1. The molecule has 2 aromatic rings. The Morgan fingerprint density at radius 2 is 2.00 bits per heavy atom. The van der Waals surface area contributed by atoms with Crippen molar-refractivity contribution in [3.8, 4) is 11.3 Å². The number of hydrogen-bond acceptors (Lipinski definition) is 4. The van der Waals surface area contributed by atoms with Gasteiger partial charge in [0.2, 0.25) is 5.13 Å². The fraction of sp³-hybridized carbons (Fsp3) is 0.474. The Morgan fingerprint density at radius 1 is 1.22 bits per heavy atom. The van der Waals surface area contributed by atoms with Crippen LogP contribution in [-0.2, 0) is 0 Å². The summed E-state index contributed by atoms with van der Waals surface area (Å²) in [4.78, 5) is 4.66. The minimum absolute atomic E-state index is 0.240. The van der Waals surface area contributed by atoms with Gasteiger partial charge in [0.25, 0.3) is 0 Å². The van der Waals surface area contributed by atoms with E-state index in [1.807, 2.05) is 18.2 Å². The number of nitrogens with one attached hydrogen (secondary N) is 1. The van der Waals surface area contributed by atoms with Crippen LogP contribution in [0.25, 0.3) is 11.3 Å². The number of nitrogens with zero attached hydrogens (tertiary/aromatic N) is 2. The summed E-state index contributed by atoms with van der Waals surface area (Å²) >= 11 is 1.62. The lowest BCUT2D eigenvalue weighted by atomic mass is 9.70. The summed E-state index contributed by atoms with van der Waals surface area (Å²) in [6.45, 7) is 7.20. The van der Waals surface area contributed by atoms with Gasteiger partial charge in [0.05, 0.1) is 5.69 Å². The normalized spacial score (nSPS) is 30.0. The van der Waals surface area contributed by atoms with Crippen molar-refractivity contribution >= 4 is 22.2 Å². The minimum Gasteiger partial charge on any atom is -0.253 e. The third kappa shape index (κ3) is 2.23. The maximum atomic E-state index is 4.77. The molecule has 2 aliphatic carbocycles. The highest BCUT2D eigenvalue weighted by molar-refractivity contribution is 7.14. The molecule has 1 N–H and O–H groups in total. The summed E-state index contributed by atoms with van der Waals surface area (Å²) in [7, 11) is 0. The van der Waals surface area contributed by atoms with E-state index < -0.39 is 0 Å². The predicted octanol–water partition coefficient (Wildman–Crippen LogP) is 5.42. The van der Waals surface area contributed by atoms with Gasteiger partial charge in [-0.25, -0.2) is 4.98 Å². The van der Waals surface area contributed by atoms with Crippen LogP contribution in [0.4, 0.5) is 5.13 Å². The Bertz CT molecular complexity index is 747. The average Bonchev–Trinajstić information content (AvgIpc) is 3.16. The molecular weight excluding hydrogens is 302 g/mol. The van der Waals surface area contributed by atoms with Crippen molar-refractivity contribution in [1.29, 1.82) is 0 Å². The highest BCUT2D eigenvalue weighted by atomic mass is 32.1. The molecule has 0 saturated heterocycles. The third-order valence-electron chi connectivity index (χ3n) is 6.37. The maximum Gasteiger partial charge on any atom is 0.203 e. The monoisotopic (exact) mass is 325 g/mol. The number of aromatic nitrogens is 1. The van der Waals surface area contributed by atoms with Gasteiger partial charge >= 0.3 is 0 Å². The summed E-state index contributed by atoms with van der Waals surface area (Å²) in [6, 6.07) is 10.3. The molecule has 2 fully saturated rings. The second-order valence-electron chi connectivity index (χ2n) is 7.57. The van der Waals surface area contributed by atoms with Gasteiger partial charge in [-0.15, -0.1) is 11.3 Å². The second-order valence-corrected chi connectivity index (χ2v) is 8.43. The Hall–Kier alpha value is -1.68. The quantitative estimate of drug-likeness (QED) is 0.765. The molecule has 23 heavy (non-hydrogen) atoms. The highest BCUT2D eigenvalue weighted by Gasteiger charge is 2.59. The molecule has 0 unspecified atom stereocenters. The molecule has 4 heteroatoms. The summed E-state index contributed by atoms with van der Waals surface area (Å²) in [5, 5.41) is 7.73. The van der Waals surface area contributed by atoms with Crippen LogP contribution in [0.1, 0.15) is 40.0 Å². The van der Waals surface area contributed by atoms with E-state index in [1.54, 1.807) is 11.3 Å². The first-order valence-electron chi connectivity index (χ1n) is 8.35. The fourth-order valence-corrected chi connectivity index (χ4v) is 4.94. The molecule has 0 radical (unpaired) electrons. The molecule has 2 aliphatic rings. The summed E-state index contributed by atoms with van der Waals surface area (Å²) in [6.07, 6.45) is 3.74. The number of benzene rings is 1. The van der Waals surface area contributed by atoms with Gasteiger partial charge in [-0.3, -0.25) is 5.43 Å². The standard InChI is InChI=1S/C19H23N3S/c1-18(2)14-9-10-19(18,3)16(11-14)21-22-17-20-15(12-23-17)13-7-5-4-6-8-13/h4-8,12,14H,9-11H2,1-3H3,(H,20,22)/b21-16-/t14-,19+/m0/s1. The van der Waals surface area contributed by atoms with Crippen LogP contribution in [0.3, 0.4) is 0 Å². The number of anilines is 1. The van der Waals surface area contributed by atoms with Crippen molar-refractivity contribution in [1.82, 2.24) is 4.98 Å². The molecule has 2 bridgehead atoms. The average molecular weight is 325 g/mol. The molecule has 0 aliphatic heterocycles. The van der Waals surface area contributed by atoms with Crippen LogP contribution in [0, 0.1) is 16.7 Å². The summed E-state index contributed by atoms with van der Waals surface area (Å²) in [5.41, 5.74) is 7.32. The number of thiazole rings is 1. The molecule has 2 saturated carbocycles. The lowest BCUT2D eigenvalue weighted by molar-refractivity contribution is 0.194. The Kier molecular flexibility index (Phi) is 3.34. The topological polar surface area (TPSA) is 37.3 Å². The van der Waals surface area contributed by atoms with Gasteiger partial charge in [-0.2, -0.15) is 5.10 Å². The molecule has 1 aromatic carbocycles. The first-order chi connectivity index (χ1) is 11.0. The van der Waals surface area contributed by atoms with Gasteiger partial charge in [0.15, 0.2) is 0 Å². The van der Waals surface area contributed by atoms with E-state index in [-0.39, 0.29) is 5.41 Å². The van der Waals surface area contributed by atoms with Crippen molar-refractivity contribution in [3.05, 3.63) is 35.7 Å². The SMILES string of the molecule is CC1(C)[C@H]2CC[C@]1(C)/C(=N\Nc1nc(-c3ccccc3)cs1)C2. The molecule has 0 spiro atoms. The Morgan fingerprint density at radius 3 is 2.65 bits per heavy atom. The molecule has 1 heterocycles. The van der Waals surface area contributed by atoms with E-state index in [4.69, 9.17) is 5.10 Å². The molecule has 1 aromatic heterocycles. The fourth-order valence-electron chi connectivity index (χ4n) is 4.28. The van der Waals surface area contributed by atoms with Crippen molar-refractivity contribution in [2.75, 3.05) is 5.43 Å². The van der Waals surface area contributed by atoms with E-state index in [0.29, 0.717) is 5.41 Å². The van der Waals surface area contributed by atoms with Crippen molar-refractivity contribution in [2.24, 2.45) is 21.8 Å². The van der Waals surface area contributed by atoms with E-state index in [2.05, 4.69) is 48.7 Å². The van der Waals surface area contributed by atoms with Gasteiger partial charge in [0, 0.05) is 22.1 Å². The van der Waals surface area contributed by atoms with Crippen molar-refractivity contribution < 1.29 is 0 Å². The van der Waals surface area contributed by atoms with Crippen LogP contribution in [-0.4, -0.2) is 10.7 Å². The zero-order valence-corrected chi connectivity index (χ0v) is 14.8. The third-order valence-corrected chi connectivity index (χ3v) is 7.12. The molecule has 4 rings (SSSR count). The second kappa shape index (κ2) is 5.17. The van der Waals surface area contributed by atoms with Gasteiger partial charge in [-0.05, 0) is 30.6 Å². The first kappa shape index (κ1) is 14.9. The lowest BCUT2D eigenvalue weighted by Gasteiger charge is -2.34. The van der Waals surface area contributed by atoms with Gasteiger partial charge < -0.3 is 0 Å². The minimum atomic E-state index is 0.240. The Labute approximate surface area is 141 Å². The van der Waals surface area contributed by atoms with Crippen LogP contribution in [0.15, 0.2) is 40.8 Å². The summed E-state index contributed by atoms with van der Waals surface area (Å²) < 4.78 is 0. The molecule has 2 atom stereocenters. The van der Waals surface area contributed by atoms with Crippen molar-refractivity contribution in [2.45, 2.75) is 40.0 Å². The number of rotatable bonds is 3. The van der Waals surface area contributed by atoms with E-state index in [0.717, 1.165) is 28.7 Å². The van der Waals surface area contributed by atoms with Crippen LogP contribution in [0.5, 0.6) is 0 Å². The van der Waals surface area contributed by atoms with Gasteiger partial charge in [-0.1, -0.05) is 51.1 Å². The smallest absolute Gasteiger partial charge is 0.203 e. The summed E-state index contributed by atoms with van der Waals surface area (Å²) in [5.74, 6) is 0.782. The zero-order valence-electron chi connectivity index (χ0n) is 14.0. The van der Waals surface area contributed by atoms with E-state index >= 15 is 0 Å². The number of fused-ring (bicyclic) bond motifs is 2. The lowest BCUT2D eigenvalue weighted by Crippen LogP contribution is -2.32. The molecular formula is C19H23N3S. The predicted molar refractivity (Wildman–Crippen MR) is 97.8 cm³/mol.